The van der Waals surface area contributed by atoms with Crippen LogP contribution in [0.15, 0.2) is 12.2 Å². The summed E-state index contributed by atoms with van der Waals surface area (Å²) < 4.78 is 10.8. The fraction of sp³-hybridized carbons (Fsp3) is 0.800. The zero-order chi connectivity index (χ0) is 13.4. The number of hydrogen-bond acceptors (Lipinski definition) is 3. The van der Waals surface area contributed by atoms with Crippen molar-refractivity contribution in [1.82, 2.24) is 0 Å². The van der Waals surface area contributed by atoms with E-state index < -0.39 is 0 Å². The van der Waals surface area contributed by atoms with Gasteiger partial charge in [-0.1, -0.05) is 13.0 Å². The summed E-state index contributed by atoms with van der Waals surface area (Å²) in [6, 6.07) is 0. The van der Waals surface area contributed by atoms with Crippen LogP contribution in [0.3, 0.4) is 0 Å². The van der Waals surface area contributed by atoms with Gasteiger partial charge in [0.05, 0.1) is 18.8 Å². The molecule has 1 aliphatic rings. The molecule has 0 amide bonds. The molecule has 1 saturated carbocycles. The predicted molar refractivity (Wildman–Crippen MR) is 72.4 cm³/mol. The third-order valence-corrected chi connectivity index (χ3v) is 3.51. The monoisotopic (exact) mass is 254 g/mol. The highest BCUT2D eigenvalue weighted by Gasteiger charge is 2.21. The van der Waals surface area contributed by atoms with E-state index in [1.807, 2.05) is 13.0 Å². The molecule has 1 unspecified atom stereocenters. The number of rotatable bonds is 6. The Morgan fingerprint density at radius 3 is 2.50 bits per heavy atom. The molecule has 0 aromatic rings. The summed E-state index contributed by atoms with van der Waals surface area (Å²) in [5.74, 6) is 0.279. The van der Waals surface area contributed by atoms with E-state index >= 15 is 0 Å². The second-order valence-corrected chi connectivity index (χ2v) is 5.00. The summed E-state index contributed by atoms with van der Waals surface area (Å²) in [7, 11) is 0. The molecule has 0 heterocycles. The van der Waals surface area contributed by atoms with E-state index in [1.54, 1.807) is 6.08 Å². The number of carbonyl (C=O) groups is 1. The maximum Gasteiger partial charge on any atom is 0.330 e. The zero-order valence-electron chi connectivity index (χ0n) is 11.9. The lowest BCUT2D eigenvalue weighted by atomic mass is 9.87. The van der Waals surface area contributed by atoms with Gasteiger partial charge in [-0.2, -0.15) is 0 Å². The second kappa shape index (κ2) is 8.30. The molecule has 1 atom stereocenters. The van der Waals surface area contributed by atoms with Crippen molar-refractivity contribution in [2.24, 2.45) is 5.92 Å². The first kappa shape index (κ1) is 15.2. The Balaban J connectivity index is 2.24. The normalized spacial score (nSPS) is 26.2. The molecule has 0 saturated heterocycles. The average molecular weight is 254 g/mol. The van der Waals surface area contributed by atoms with Gasteiger partial charge in [0.15, 0.2) is 0 Å². The van der Waals surface area contributed by atoms with Gasteiger partial charge in [0.2, 0.25) is 0 Å². The van der Waals surface area contributed by atoms with Crippen LogP contribution in [-0.4, -0.2) is 24.8 Å². The van der Waals surface area contributed by atoms with Crippen molar-refractivity contribution in [1.29, 1.82) is 0 Å². The average Bonchev–Trinajstić information content (AvgIpc) is 2.38. The molecule has 104 valence electrons. The number of allylic oxidation sites excluding steroid dienone is 1. The maximum absolute atomic E-state index is 11.2. The third kappa shape index (κ3) is 5.67. The number of esters is 1. The lowest BCUT2D eigenvalue weighted by Crippen LogP contribution is -2.24. The molecule has 1 aliphatic carbocycles. The van der Waals surface area contributed by atoms with Gasteiger partial charge in [0.1, 0.15) is 0 Å². The van der Waals surface area contributed by atoms with Gasteiger partial charge in [0.25, 0.3) is 0 Å². The Kier molecular flexibility index (Phi) is 7.02. The molecule has 1 rings (SSSR count). The molecule has 3 heteroatoms. The summed E-state index contributed by atoms with van der Waals surface area (Å²) in [4.78, 5) is 11.2. The van der Waals surface area contributed by atoms with E-state index in [0.29, 0.717) is 24.7 Å². The van der Waals surface area contributed by atoms with E-state index in [1.165, 1.54) is 0 Å². The van der Waals surface area contributed by atoms with Crippen molar-refractivity contribution in [2.45, 2.75) is 65.1 Å². The van der Waals surface area contributed by atoms with Gasteiger partial charge in [0, 0.05) is 6.08 Å². The molecule has 0 aromatic heterocycles. The topological polar surface area (TPSA) is 35.5 Å². The minimum atomic E-state index is -0.226. The van der Waals surface area contributed by atoms with Crippen LogP contribution in [0.1, 0.15) is 52.9 Å². The second-order valence-electron chi connectivity index (χ2n) is 5.00. The summed E-state index contributed by atoms with van der Waals surface area (Å²) >= 11 is 0. The molecular formula is C15H26O3. The van der Waals surface area contributed by atoms with E-state index in [4.69, 9.17) is 9.47 Å². The van der Waals surface area contributed by atoms with Gasteiger partial charge in [-0.15, -0.1) is 0 Å². The van der Waals surface area contributed by atoms with Crippen molar-refractivity contribution >= 4 is 5.97 Å². The SMILES string of the molecule is CCOC(=O)C=CC1CCC(OC(C)CC)CC1. The van der Waals surface area contributed by atoms with Crippen molar-refractivity contribution in [3.05, 3.63) is 12.2 Å². The van der Waals surface area contributed by atoms with Gasteiger partial charge in [-0.05, 0) is 51.9 Å². The molecule has 0 bridgehead atoms. The fourth-order valence-corrected chi connectivity index (χ4v) is 2.25. The lowest BCUT2D eigenvalue weighted by molar-refractivity contribution is -0.137. The van der Waals surface area contributed by atoms with E-state index in [-0.39, 0.29) is 5.97 Å². The molecule has 18 heavy (non-hydrogen) atoms. The molecule has 0 spiro atoms. The summed E-state index contributed by atoms with van der Waals surface area (Å²) in [5, 5.41) is 0. The van der Waals surface area contributed by atoms with Gasteiger partial charge in [-0.3, -0.25) is 0 Å². The van der Waals surface area contributed by atoms with Crippen LogP contribution in [0.4, 0.5) is 0 Å². The minimum Gasteiger partial charge on any atom is -0.463 e. The maximum atomic E-state index is 11.2. The smallest absolute Gasteiger partial charge is 0.330 e. The minimum absolute atomic E-state index is 0.226. The first-order valence-corrected chi connectivity index (χ1v) is 7.16. The van der Waals surface area contributed by atoms with Crippen LogP contribution in [0.5, 0.6) is 0 Å². The van der Waals surface area contributed by atoms with E-state index in [9.17, 15) is 4.79 Å². The molecule has 0 radical (unpaired) electrons. The third-order valence-electron chi connectivity index (χ3n) is 3.51. The Bertz CT molecular complexity index is 265. The largest absolute Gasteiger partial charge is 0.463 e. The van der Waals surface area contributed by atoms with Crippen LogP contribution in [-0.2, 0) is 14.3 Å². The lowest BCUT2D eigenvalue weighted by Gasteiger charge is -2.28. The first-order chi connectivity index (χ1) is 8.65. The van der Waals surface area contributed by atoms with Gasteiger partial charge < -0.3 is 9.47 Å². The summed E-state index contributed by atoms with van der Waals surface area (Å²) in [6.45, 7) is 6.55. The van der Waals surface area contributed by atoms with Crippen molar-refractivity contribution in [2.75, 3.05) is 6.61 Å². The molecule has 0 N–H and O–H groups in total. The highest BCUT2D eigenvalue weighted by atomic mass is 16.5. The van der Waals surface area contributed by atoms with Crippen LogP contribution < -0.4 is 0 Å². The molecular weight excluding hydrogens is 228 g/mol. The Hall–Kier alpha value is -0.830. The van der Waals surface area contributed by atoms with E-state index in [2.05, 4.69) is 13.8 Å². The molecule has 0 aromatic carbocycles. The van der Waals surface area contributed by atoms with Crippen molar-refractivity contribution in [3.63, 3.8) is 0 Å². The zero-order valence-corrected chi connectivity index (χ0v) is 11.9. The summed E-state index contributed by atoms with van der Waals surface area (Å²) in [6.07, 6.45) is 9.83. The van der Waals surface area contributed by atoms with Crippen molar-refractivity contribution < 1.29 is 14.3 Å². The highest BCUT2D eigenvalue weighted by molar-refractivity contribution is 5.81. The van der Waals surface area contributed by atoms with Crippen LogP contribution in [0.25, 0.3) is 0 Å². The van der Waals surface area contributed by atoms with E-state index in [0.717, 1.165) is 32.1 Å². The Labute approximate surface area is 111 Å². The molecule has 0 aliphatic heterocycles. The van der Waals surface area contributed by atoms with Gasteiger partial charge in [-0.25, -0.2) is 4.79 Å². The van der Waals surface area contributed by atoms with Crippen LogP contribution >= 0.6 is 0 Å². The van der Waals surface area contributed by atoms with Crippen molar-refractivity contribution in [3.8, 4) is 0 Å². The number of ether oxygens (including phenoxy) is 2. The Morgan fingerprint density at radius 1 is 1.28 bits per heavy atom. The van der Waals surface area contributed by atoms with Crippen LogP contribution in [0.2, 0.25) is 0 Å². The quantitative estimate of drug-likeness (QED) is 0.538. The predicted octanol–water partition coefficient (Wildman–Crippen LogP) is 3.48. The standard InChI is InChI=1S/C15H26O3/c1-4-12(3)18-14-9-6-13(7-10-14)8-11-15(16)17-5-2/h8,11-14H,4-7,9-10H2,1-3H3. The highest BCUT2D eigenvalue weighted by Crippen LogP contribution is 2.28. The first-order valence-electron chi connectivity index (χ1n) is 7.16. The molecule has 3 nitrogen and oxygen atoms in total. The number of hydrogen-bond donors (Lipinski definition) is 0. The summed E-state index contributed by atoms with van der Waals surface area (Å²) in [5.41, 5.74) is 0. The fourth-order valence-electron chi connectivity index (χ4n) is 2.25. The van der Waals surface area contributed by atoms with Gasteiger partial charge >= 0.3 is 5.97 Å². The molecule has 1 fully saturated rings. The Morgan fingerprint density at radius 2 is 1.94 bits per heavy atom. The van der Waals surface area contributed by atoms with Crippen LogP contribution in [0, 0.1) is 5.92 Å². The number of carbonyl (C=O) groups excluding carboxylic acids is 1.